The number of nitrogens with zero attached hydrogens (tertiary/aromatic N) is 2. The molecule has 2 rings (SSSR count). The molecular weight excluding hydrogens is 316 g/mol. The number of halogens is 1. The third kappa shape index (κ3) is 5.94. The third-order valence-corrected chi connectivity index (χ3v) is 4.83. The Balaban J connectivity index is 0.00000264. The van der Waals surface area contributed by atoms with Crippen molar-refractivity contribution in [1.82, 2.24) is 20.4 Å². The summed E-state index contributed by atoms with van der Waals surface area (Å²) in [6.45, 7) is 3.21. The zero-order valence-corrected chi connectivity index (χ0v) is 15.3. The van der Waals surface area contributed by atoms with E-state index in [1.54, 1.807) is 7.05 Å². The molecule has 2 atom stereocenters. The summed E-state index contributed by atoms with van der Waals surface area (Å²) in [7, 11) is 3.73. The van der Waals surface area contributed by atoms with Crippen LogP contribution in [0.5, 0.6) is 0 Å². The summed E-state index contributed by atoms with van der Waals surface area (Å²) in [6.07, 6.45) is 5.69. The molecule has 0 aromatic carbocycles. The van der Waals surface area contributed by atoms with Gasteiger partial charge in [-0.1, -0.05) is 6.92 Å². The van der Waals surface area contributed by atoms with Crippen molar-refractivity contribution in [3.8, 4) is 0 Å². The molecule has 2 heterocycles. The Hall–Kier alpha value is -0.850. The maximum atomic E-state index is 12.3. The van der Waals surface area contributed by atoms with E-state index in [2.05, 4.69) is 15.5 Å². The van der Waals surface area contributed by atoms with Gasteiger partial charge in [0.1, 0.15) is 0 Å². The second-order valence-corrected chi connectivity index (χ2v) is 6.78. The van der Waals surface area contributed by atoms with Gasteiger partial charge in [0.05, 0.1) is 13.1 Å². The molecule has 134 valence electrons. The number of hydrogen-bond donors (Lipinski definition) is 2. The number of nitrogens with one attached hydrogen (secondary N) is 2. The van der Waals surface area contributed by atoms with Crippen molar-refractivity contribution < 1.29 is 9.59 Å². The van der Waals surface area contributed by atoms with Crippen LogP contribution in [0.2, 0.25) is 0 Å². The van der Waals surface area contributed by atoms with Gasteiger partial charge >= 0.3 is 0 Å². The highest BCUT2D eigenvalue weighted by Gasteiger charge is 2.35. The Morgan fingerprint density at radius 3 is 2.30 bits per heavy atom. The summed E-state index contributed by atoms with van der Waals surface area (Å²) in [5.41, 5.74) is 0. The highest BCUT2D eigenvalue weighted by molar-refractivity contribution is 5.85. The fourth-order valence-electron chi connectivity index (χ4n) is 3.47. The molecule has 0 spiro atoms. The Labute approximate surface area is 145 Å². The second kappa shape index (κ2) is 9.45. The quantitative estimate of drug-likeness (QED) is 0.709. The maximum Gasteiger partial charge on any atom is 0.239 e. The van der Waals surface area contributed by atoms with Crippen LogP contribution in [-0.2, 0) is 9.59 Å². The highest BCUT2D eigenvalue weighted by Crippen LogP contribution is 2.29. The lowest BCUT2D eigenvalue weighted by molar-refractivity contribution is -0.135. The molecule has 0 aromatic heterocycles. The molecule has 6 nitrogen and oxygen atoms in total. The third-order valence-electron chi connectivity index (χ3n) is 4.83. The first-order valence-corrected chi connectivity index (χ1v) is 8.46. The molecule has 23 heavy (non-hydrogen) atoms. The van der Waals surface area contributed by atoms with Crippen molar-refractivity contribution in [2.45, 2.75) is 57.2 Å². The van der Waals surface area contributed by atoms with Crippen molar-refractivity contribution in [3.05, 3.63) is 0 Å². The van der Waals surface area contributed by atoms with Gasteiger partial charge in [-0.05, 0) is 39.2 Å². The van der Waals surface area contributed by atoms with E-state index in [1.807, 2.05) is 14.0 Å². The van der Waals surface area contributed by atoms with Crippen LogP contribution in [0, 0.1) is 0 Å². The summed E-state index contributed by atoms with van der Waals surface area (Å²) in [5.74, 6) is -0.0692. The molecule has 2 unspecified atom stereocenters. The van der Waals surface area contributed by atoms with E-state index in [0.29, 0.717) is 31.2 Å². The van der Waals surface area contributed by atoms with Crippen LogP contribution in [0.4, 0.5) is 0 Å². The van der Waals surface area contributed by atoms with Crippen molar-refractivity contribution in [3.63, 3.8) is 0 Å². The van der Waals surface area contributed by atoms with E-state index in [9.17, 15) is 9.59 Å². The van der Waals surface area contributed by atoms with Gasteiger partial charge in [-0.3, -0.25) is 14.5 Å². The van der Waals surface area contributed by atoms with Crippen molar-refractivity contribution in [1.29, 1.82) is 0 Å². The molecule has 7 heteroatoms. The van der Waals surface area contributed by atoms with Crippen LogP contribution in [0.3, 0.4) is 0 Å². The van der Waals surface area contributed by atoms with Gasteiger partial charge < -0.3 is 15.5 Å². The number of piperidine rings is 1. The normalized spacial score (nSPS) is 25.8. The molecule has 2 fully saturated rings. The van der Waals surface area contributed by atoms with E-state index in [4.69, 9.17) is 0 Å². The molecule has 2 N–H and O–H groups in total. The molecule has 2 bridgehead atoms. The molecule has 2 amide bonds. The van der Waals surface area contributed by atoms with E-state index < -0.39 is 0 Å². The SMILES string of the molecule is CCCNC(=O)CN(C)C(=O)CN(C)C1CC2CCC(C1)N2.Cl. The van der Waals surface area contributed by atoms with Crippen LogP contribution in [0.15, 0.2) is 0 Å². The average Bonchev–Trinajstić information content (AvgIpc) is 2.83. The summed E-state index contributed by atoms with van der Waals surface area (Å²) in [5, 5.41) is 6.42. The molecule has 0 aliphatic carbocycles. The number of hydrogen-bond acceptors (Lipinski definition) is 4. The predicted molar refractivity (Wildman–Crippen MR) is 93.8 cm³/mol. The van der Waals surface area contributed by atoms with Crippen molar-refractivity contribution in [2.24, 2.45) is 0 Å². The Morgan fingerprint density at radius 1 is 1.13 bits per heavy atom. The smallest absolute Gasteiger partial charge is 0.239 e. The summed E-state index contributed by atoms with van der Waals surface area (Å²) in [6, 6.07) is 1.72. The number of amides is 2. The average molecular weight is 347 g/mol. The van der Waals surface area contributed by atoms with Crippen LogP contribution < -0.4 is 10.6 Å². The van der Waals surface area contributed by atoms with Gasteiger partial charge in [-0.25, -0.2) is 0 Å². The largest absolute Gasteiger partial charge is 0.355 e. The van der Waals surface area contributed by atoms with Gasteiger partial charge in [-0.2, -0.15) is 0 Å². The zero-order valence-electron chi connectivity index (χ0n) is 14.5. The minimum Gasteiger partial charge on any atom is -0.355 e. The monoisotopic (exact) mass is 346 g/mol. The number of carbonyl (C=O) groups excluding carboxylic acids is 2. The fraction of sp³-hybridized carbons (Fsp3) is 0.875. The number of rotatable bonds is 7. The first-order chi connectivity index (χ1) is 10.5. The van der Waals surface area contributed by atoms with Crippen LogP contribution in [0.1, 0.15) is 39.0 Å². The fourth-order valence-corrected chi connectivity index (χ4v) is 3.47. The summed E-state index contributed by atoms with van der Waals surface area (Å²) in [4.78, 5) is 27.6. The Kier molecular flexibility index (Phi) is 8.29. The van der Waals surface area contributed by atoms with E-state index in [0.717, 1.165) is 19.3 Å². The molecule has 2 aliphatic heterocycles. The molecule has 0 saturated carbocycles. The van der Waals surface area contributed by atoms with Gasteiger partial charge in [0.2, 0.25) is 11.8 Å². The van der Waals surface area contributed by atoms with Gasteiger partial charge in [-0.15, -0.1) is 12.4 Å². The minimum absolute atomic E-state index is 0. The topological polar surface area (TPSA) is 64.7 Å². The van der Waals surface area contributed by atoms with Crippen LogP contribution in [-0.4, -0.2) is 73.5 Å². The highest BCUT2D eigenvalue weighted by atomic mass is 35.5. The lowest BCUT2D eigenvalue weighted by Crippen LogP contribution is -2.50. The van der Waals surface area contributed by atoms with Crippen molar-refractivity contribution in [2.75, 3.05) is 33.7 Å². The van der Waals surface area contributed by atoms with Crippen LogP contribution in [0.25, 0.3) is 0 Å². The lowest BCUT2D eigenvalue weighted by Gasteiger charge is -2.35. The maximum absolute atomic E-state index is 12.3. The number of carbonyl (C=O) groups is 2. The molecular formula is C16H31ClN4O2. The predicted octanol–water partition coefficient (Wildman–Crippen LogP) is 0.608. The van der Waals surface area contributed by atoms with E-state index >= 15 is 0 Å². The summed E-state index contributed by atoms with van der Waals surface area (Å²) >= 11 is 0. The lowest BCUT2D eigenvalue weighted by atomic mass is 9.98. The summed E-state index contributed by atoms with van der Waals surface area (Å²) < 4.78 is 0. The minimum atomic E-state index is -0.0831. The Bertz CT molecular complexity index is 396. The second-order valence-electron chi connectivity index (χ2n) is 6.78. The molecule has 2 saturated heterocycles. The molecule has 0 aromatic rings. The zero-order chi connectivity index (χ0) is 16.1. The number of fused-ring (bicyclic) bond motifs is 2. The van der Waals surface area contributed by atoms with Gasteiger partial charge in [0, 0.05) is 31.7 Å². The first-order valence-electron chi connectivity index (χ1n) is 8.46. The first kappa shape index (κ1) is 20.2. The molecule has 2 aliphatic rings. The molecule has 0 radical (unpaired) electrons. The van der Waals surface area contributed by atoms with Gasteiger partial charge in [0.15, 0.2) is 0 Å². The number of likely N-dealkylation sites (N-methyl/N-ethyl adjacent to an activating group) is 2. The van der Waals surface area contributed by atoms with E-state index in [-0.39, 0.29) is 30.8 Å². The van der Waals surface area contributed by atoms with Crippen molar-refractivity contribution >= 4 is 24.2 Å². The van der Waals surface area contributed by atoms with E-state index in [1.165, 1.54) is 17.7 Å². The van der Waals surface area contributed by atoms with Gasteiger partial charge in [0.25, 0.3) is 0 Å². The standard InChI is InChI=1S/C16H30N4O2.ClH/c1-4-7-17-15(21)10-20(3)16(22)11-19(2)14-8-12-5-6-13(9-14)18-12;/h12-14,18H,4-11H2,1-3H3,(H,17,21);1H. The van der Waals surface area contributed by atoms with Crippen LogP contribution >= 0.6 is 12.4 Å². The Morgan fingerprint density at radius 2 is 1.74 bits per heavy atom.